The van der Waals surface area contributed by atoms with Crippen molar-refractivity contribution in [2.45, 2.75) is 18.0 Å². The maximum absolute atomic E-state index is 12.4. The van der Waals surface area contributed by atoms with Crippen molar-refractivity contribution in [3.05, 3.63) is 40.3 Å². The number of thiophene rings is 1. The number of rotatable bonds is 5. The Kier molecular flexibility index (Phi) is 4.10. The number of sulfonamides is 1. The SMILES string of the molecule is CN(Cc1ccsc1)S(=O)(=O)c1cc(CN)n(C)c1. The second-order valence-electron chi connectivity index (χ2n) is 4.37. The van der Waals surface area contributed by atoms with Crippen LogP contribution in [-0.4, -0.2) is 24.3 Å². The lowest BCUT2D eigenvalue weighted by Crippen LogP contribution is -2.26. The third-order valence-electron chi connectivity index (χ3n) is 2.99. The lowest BCUT2D eigenvalue weighted by atomic mass is 10.3. The fourth-order valence-electron chi connectivity index (χ4n) is 1.83. The molecule has 0 amide bonds. The predicted molar refractivity (Wildman–Crippen MR) is 76.3 cm³/mol. The number of hydrogen-bond acceptors (Lipinski definition) is 4. The Hall–Kier alpha value is -1.15. The van der Waals surface area contributed by atoms with Gasteiger partial charge in [0.2, 0.25) is 10.0 Å². The Labute approximate surface area is 117 Å². The van der Waals surface area contributed by atoms with E-state index in [-0.39, 0.29) is 4.90 Å². The minimum Gasteiger partial charge on any atom is -0.352 e. The van der Waals surface area contributed by atoms with E-state index < -0.39 is 10.0 Å². The molecule has 0 radical (unpaired) electrons. The second-order valence-corrected chi connectivity index (χ2v) is 7.20. The molecule has 2 aromatic heterocycles. The van der Waals surface area contributed by atoms with Crippen LogP contribution in [0.3, 0.4) is 0 Å². The molecule has 5 nitrogen and oxygen atoms in total. The Morgan fingerprint density at radius 1 is 1.47 bits per heavy atom. The van der Waals surface area contributed by atoms with Crippen molar-refractivity contribution in [1.82, 2.24) is 8.87 Å². The third kappa shape index (κ3) is 2.89. The summed E-state index contributed by atoms with van der Waals surface area (Å²) < 4.78 is 27.9. The summed E-state index contributed by atoms with van der Waals surface area (Å²) in [7, 11) is -0.0881. The van der Waals surface area contributed by atoms with Crippen LogP contribution in [0.4, 0.5) is 0 Å². The zero-order valence-electron chi connectivity index (χ0n) is 10.9. The zero-order valence-corrected chi connectivity index (χ0v) is 12.5. The molecule has 104 valence electrons. The molecule has 7 heteroatoms. The predicted octanol–water partition coefficient (Wildman–Crippen LogP) is 1.37. The number of nitrogens with two attached hydrogens (primary N) is 1. The van der Waals surface area contributed by atoms with Crippen molar-refractivity contribution < 1.29 is 8.42 Å². The fourth-order valence-corrected chi connectivity index (χ4v) is 3.74. The maximum atomic E-state index is 12.4. The summed E-state index contributed by atoms with van der Waals surface area (Å²) in [5, 5.41) is 3.88. The molecule has 19 heavy (non-hydrogen) atoms. The van der Waals surface area contributed by atoms with Gasteiger partial charge in [-0.25, -0.2) is 8.42 Å². The van der Waals surface area contributed by atoms with Gasteiger partial charge in [-0.15, -0.1) is 0 Å². The van der Waals surface area contributed by atoms with Crippen LogP contribution in [0.25, 0.3) is 0 Å². The number of nitrogens with zero attached hydrogens (tertiary/aromatic N) is 2. The summed E-state index contributed by atoms with van der Waals surface area (Å²) in [5.41, 5.74) is 7.35. The minimum absolute atomic E-state index is 0.285. The summed E-state index contributed by atoms with van der Waals surface area (Å²) in [6, 6.07) is 3.55. The van der Waals surface area contributed by atoms with E-state index in [1.807, 2.05) is 16.8 Å². The molecule has 2 N–H and O–H groups in total. The molecule has 0 bridgehead atoms. The summed E-state index contributed by atoms with van der Waals surface area (Å²) in [5.74, 6) is 0. The lowest BCUT2D eigenvalue weighted by Gasteiger charge is -2.15. The molecule has 2 heterocycles. The Bertz CT molecular complexity index is 645. The van der Waals surface area contributed by atoms with Crippen molar-refractivity contribution in [2.75, 3.05) is 7.05 Å². The van der Waals surface area contributed by atoms with Crippen molar-refractivity contribution in [2.24, 2.45) is 12.8 Å². The van der Waals surface area contributed by atoms with Gasteiger partial charge >= 0.3 is 0 Å². The molecule has 2 rings (SSSR count). The lowest BCUT2D eigenvalue weighted by molar-refractivity contribution is 0.467. The molecule has 0 spiro atoms. The molecule has 0 aliphatic rings. The van der Waals surface area contributed by atoms with Gasteiger partial charge in [-0.05, 0) is 28.5 Å². The topological polar surface area (TPSA) is 68.3 Å². The highest BCUT2D eigenvalue weighted by Gasteiger charge is 2.23. The molecule has 0 aliphatic carbocycles. The standard InChI is InChI=1S/C12H17N3O2S2/c1-14-8-12(5-11(14)6-13)19(16,17)15(2)7-10-3-4-18-9-10/h3-5,8-9H,6-7,13H2,1-2H3. The van der Waals surface area contributed by atoms with Gasteiger partial charge in [0.25, 0.3) is 0 Å². The van der Waals surface area contributed by atoms with Crippen LogP contribution >= 0.6 is 11.3 Å². The summed E-state index contributed by atoms with van der Waals surface area (Å²) in [6.45, 7) is 0.693. The smallest absolute Gasteiger partial charge is 0.244 e. The van der Waals surface area contributed by atoms with Crippen molar-refractivity contribution in [3.8, 4) is 0 Å². The van der Waals surface area contributed by atoms with Gasteiger partial charge in [0.15, 0.2) is 0 Å². The van der Waals surface area contributed by atoms with Gasteiger partial charge in [-0.1, -0.05) is 0 Å². The first kappa shape index (κ1) is 14.3. The van der Waals surface area contributed by atoms with Crippen LogP contribution in [0.2, 0.25) is 0 Å². The van der Waals surface area contributed by atoms with Gasteiger partial charge in [-0.2, -0.15) is 15.6 Å². The molecule has 0 fully saturated rings. The third-order valence-corrected chi connectivity index (χ3v) is 5.49. The molecule has 0 atom stereocenters. The average Bonchev–Trinajstić information content (AvgIpc) is 2.98. The quantitative estimate of drug-likeness (QED) is 0.906. The van der Waals surface area contributed by atoms with Crippen LogP contribution in [0.5, 0.6) is 0 Å². The first-order valence-electron chi connectivity index (χ1n) is 5.78. The van der Waals surface area contributed by atoms with Crippen LogP contribution in [0.15, 0.2) is 34.0 Å². The molecule has 0 aliphatic heterocycles. The summed E-state index contributed by atoms with van der Waals surface area (Å²) in [6.07, 6.45) is 1.60. The van der Waals surface area contributed by atoms with Crippen LogP contribution in [0, 0.1) is 0 Å². The molecular weight excluding hydrogens is 282 g/mol. The molecule has 0 saturated carbocycles. The van der Waals surface area contributed by atoms with Crippen molar-refractivity contribution in [3.63, 3.8) is 0 Å². The zero-order chi connectivity index (χ0) is 14.0. The van der Waals surface area contributed by atoms with Gasteiger partial charge in [-0.3, -0.25) is 0 Å². The van der Waals surface area contributed by atoms with Gasteiger partial charge in [0.05, 0.1) is 0 Å². The number of aryl methyl sites for hydroxylation is 1. The second kappa shape index (κ2) is 5.46. The van der Waals surface area contributed by atoms with Crippen molar-refractivity contribution >= 4 is 21.4 Å². The average molecular weight is 299 g/mol. The first-order chi connectivity index (χ1) is 8.95. The van der Waals surface area contributed by atoms with Crippen LogP contribution < -0.4 is 5.73 Å². The highest BCUT2D eigenvalue weighted by Crippen LogP contribution is 2.19. The minimum atomic E-state index is -3.47. The molecular formula is C12H17N3O2S2. The Morgan fingerprint density at radius 3 is 2.74 bits per heavy atom. The summed E-state index contributed by atoms with van der Waals surface area (Å²) >= 11 is 1.56. The van der Waals surface area contributed by atoms with Crippen LogP contribution in [-0.2, 0) is 30.2 Å². The summed E-state index contributed by atoms with van der Waals surface area (Å²) in [4.78, 5) is 0.285. The molecule has 2 aromatic rings. The Morgan fingerprint density at radius 2 is 2.21 bits per heavy atom. The molecule has 0 unspecified atom stereocenters. The van der Waals surface area contributed by atoms with E-state index in [1.54, 1.807) is 42.3 Å². The normalized spacial score (nSPS) is 12.2. The Balaban J connectivity index is 2.25. The fraction of sp³-hybridized carbons (Fsp3) is 0.333. The van der Waals surface area contributed by atoms with E-state index >= 15 is 0 Å². The highest BCUT2D eigenvalue weighted by atomic mass is 32.2. The van der Waals surface area contributed by atoms with Gasteiger partial charge < -0.3 is 10.3 Å². The van der Waals surface area contributed by atoms with E-state index in [1.165, 1.54) is 4.31 Å². The highest BCUT2D eigenvalue weighted by molar-refractivity contribution is 7.89. The van der Waals surface area contributed by atoms with E-state index in [2.05, 4.69) is 0 Å². The van der Waals surface area contributed by atoms with E-state index in [9.17, 15) is 8.42 Å². The monoisotopic (exact) mass is 299 g/mol. The molecule has 0 aromatic carbocycles. The largest absolute Gasteiger partial charge is 0.352 e. The van der Waals surface area contributed by atoms with E-state index in [0.29, 0.717) is 13.1 Å². The van der Waals surface area contributed by atoms with E-state index in [4.69, 9.17) is 5.73 Å². The maximum Gasteiger partial charge on any atom is 0.244 e. The first-order valence-corrected chi connectivity index (χ1v) is 8.16. The van der Waals surface area contributed by atoms with Gasteiger partial charge in [0, 0.05) is 39.1 Å². The molecule has 0 saturated heterocycles. The van der Waals surface area contributed by atoms with Crippen LogP contribution in [0.1, 0.15) is 11.3 Å². The van der Waals surface area contributed by atoms with Crippen molar-refractivity contribution in [1.29, 1.82) is 0 Å². The number of aromatic nitrogens is 1. The number of hydrogen-bond donors (Lipinski definition) is 1. The van der Waals surface area contributed by atoms with E-state index in [0.717, 1.165) is 11.3 Å². The van der Waals surface area contributed by atoms with Gasteiger partial charge in [0.1, 0.15) is 4.90 Å².